The highest BCUT2D eigenvalue weighted by Crippen LogP contribution is 2.36. The number of nitrogens with zero attached hydrogens (tertiary/aromatic N) is 1. The van der Waals surface area contributed by atoms with Gasteiger partial charge in [0.05, 0.1) is 10.6 Å². The number of hydrogen-bond donors (Lipinski definition) is 2. The van der Waals surface area contributed by atoms with Gasteiger partial charge in [-0.2, -0.15) is 0 Å². The molecule has 0 fully saturated rings. The van der Waals surface area contributed by atoms with Crippen LogP contribution in [0.4, 0.5) is 21.9 Å². The number of nitrogens with one attached hydrogen (secondary N) is 2. The van der Waals surface area contributed by atoms with Crippen LogP contribution in [-0.2, 0) is 16.4 Å². The minimum absolute atomic E-state index is 0.155. The van der Waals surface area contributed by atoms with Gasteiger partial charge in [-0.1, -0.05) is 24.3 Å². The Bertz CT molecular complexity index is 1260. The predicted molar refractivity (Wildman–Crippen MR) is 116 cm³/mol. The molecule has 3 aromatic carbocycles. The molecule has 5 rings (SSSR count). The van der Waals surface area contributed by atoms with E-state index in [2.05, 4.69) is 10.6 Å². The molecule has 2 N–H and O–H groups in total. The lowest BCUT2D eigenvalue weighted by Crippen LogP contribution is -2.29. The van der Waals surface area contributed by atoms with Gasteiger partial charge in [0.15, 0.2) is 11.5 Å². The second-order valence-electron chi connectivity index (χ2n) is 7.13. The number of amides is 2. The second kappa shape index (κ2) is 7.51. The summed E-state index contributed by atoms with van der Waals surface area (Å²) in [6.45, 7) is 0.516. The fraction of sp³-hybridized carbons (Fsp3) is 0.136. The standard InChI is InChI=1S/C22H19N3O5S/c26-22(24-17-8-9-20-21(13-17)30-14-29-20)23-16-7-6-15-10-11-25(19(15)12-16)31(27,28)18-4-2-1-3-5-18/h1-9,12-13H,10-11,14H2,(H2,23,24,26). The Hall–Kier alpha value is -3.72. The van der Waals surface area contributed by atoms with E-state index in [1.54, 1.807) is 60.7 Å². The lowest BCUT2D eigenvalue weighted by molar-refractivity contribution is 0.174. The van der Waals surface area contributed by atoms with Crippen molar-refractivity contribution >= 4 is 33.1 Å². The first-order chi connectivity index (χ1) is 15.0. The van der Waals surface area contributed by atoms with E-state index in [4.69, 9.17) is 9.47 Å². The first-order valence-electron chi connectivity index (χ1n) is 9.69. The van der Waals surface area contributed by atoms with Crippen LogP contribution >= 0.6 is 0 Å². The Morgan fingerprint density at radius 3 is 2.39 bits per heavy atom. The summed E-state index contributed by atoms with van der Waals surface area (Å²) in [6.07, 6.45) is 0.616. The van der Waals surface area contributed by atoms with Crippen LogP contribution in [0.3, 0.4) is 0 Å². The van der Waals surface area contributed by atoms with Crippen LogP contribution < -0.4 is 24.4 Å². The Morgan fingerprint density at radius 1 is 0.871 bits per heavy atom. The van der Waals surface area contributed by atoms with Crippen molar-refractivity contribution in [3.05, 3.63) is 72.3 Å². The summed E-state index contributed by atoms with van der Waals surface area (Å²) >= 11 is 0. The number of fused-ring (bicyclic) bond motifs is 2. The van der Waals surface area contributed by atoms with E-state index in [1.165, 1.54) is 4.31 Å². The van der Waals surface area contributed by atoms with Crippen LogP contribution in [0.25, 0.3) is 0 Å². The first kappa shape index (κ1) is 19.3. The predicted octanol–water partition coefficient (Wildman–Crippen LogP) is 3.81. The number of carbonyl (C=O) groups excluding carboxylic acids is 1. The van der Waals surface area contributed by atoms with E-state index in [1.807, 2.05) is 6.07 Å². The Kier molecular flexibility index (Phi) is 4.67. The molecule has 0 spiro atoms. The SMILES string of the molecule is O=C(Nc1ccc2c(c1)OCO2)Nc1ccc2c(c1)N(S(=O)(=O)c1ccccc1)CC2. The normalized spacial score (nSPS) is 14.3. The summed E-state index contributed by atoms with van der Waals surface area (Å²) in [5, 5.41) is 5.49. The molecule has 9 heteroatoms. The number of ether oxygens (including phenoxy) is 2. The summed E-state index contributed by atoms with van der Waals surface area (Å²) in [4.78, 5) is 12.7. The van der Waals surface area contributed by atoms with Crippen molar-refractivity contribution in [2.45, 2.75) is 11.3 Å². The third-order valence-electron chi connectivity index (χ3n) is 5.16. The maximum absolute atomic E-state index is 13.1. The van der Waals surface area contributed by atoms with E-state index in [-0.39, 0.29) is 11.7 Å². The molecule has 0 atom stereocenters. The van der Waals surface area contributed by atoms with Crippen LogP contribution in [-0.4, -0.2) is 27.8 Å². The Balaban J connectivity index is 1.34. The topological polar surface area (TPSA) is 97.0 Å². The maximum atomic E-state index is 13.1. The van der Waals surface area contributed by atoms with Crippen LogP contribution in [0.5, 0.6) is 11.5 Å². The average Bonchev–Trinajstić information content (AvgIpc) is 3.40. The van der Waals surface area contributed by atoms with Crippen LogP contribution in [0.2, 0.25) is 0 Å². The highest BCUT2D eigenvalue weighted by molar-refractivity contribution is 7.92. The van der Waals surface area contributed by atoms with Crippen molar-refractivity contribution in [3.63, 3.8) is 0 Å². The maximum Gasteiger partial charge on any atom is 0.323 e. The van der Waals surface area contributed by atoms with Gasteiger partial charge in [-0.3, -0.25) is 4.31 Å². The van der Waals surface area contributed by atoms with Gasteiger partial charge in [-0.15, -0.1) is 0 Å². The molecule has 0 saturated carbocycles. The zero-order valence-electron chi connectivity index (χ0n) is 16.4. The third kappa shape index (κ3) is 3.64. The highest BCUT2D eigenvalue weighted by Gasteiger charge is 2.31. The van der Waals surface area contributed by atoms with E-state index in [0.29, 0.717) is 41.5 Å². The first-order valence-corrected chi connectivity index (χ1v) is 11.1. The fourth-order valence-electron chi connectivity index (χ4n) is 3.66. The summed E-state index contributed by atoms with van der Waals surface area (Å²) in [5.74, 6) is 1.20. The molecule has 0 saturated heterocycles. The van der Waals surface area contributed by atoms with Crippen molar-refractivity contribution in [1.82, 2.24) is 0 Å². The molecule has 2 aliphatic rings. The smallest absolute Gasteiger partial charge is 0.323 e. The molecule has 2 aliphatic heterocycles. The molecule has 0 aromatic heterocycles. The molecule has 158 valence electrons. The van der Waals surface area contributed by atoms with E-state index >= 15 is 0 Å². The zero-order valence-corrected chi connectivity index (χ0v) is 17.2. The van der Waals surface area contributed by atoms with Gasteiger partial charge >= 0.3 is 6.03 Å². The van der Waals surface area contributed by atoms with Gasteiger partial charge in [0, 0.05) is 24.0 Å². The summed E-state index contributed by atoms with van der Waals surface area (Å²) < 4.78 is 38.1. The molecule has 0 bridgehead atoms. The number of urea groups is 1. The van der Waals surface area contributed by atoms with Gasteiger partial charge < -0.3 is 20.1 Å². The van der Waals surface area contributed by atoms with Gasteiger partial charge in [-0.25, -0.2) is 13.2 Å². The lowest BCUT2D eigenvalue weighted by atomic mass is 10.1. The van der Waals surface area contributed by atoms with Crippen molar-refractivity contribution in [2.75, 3.05) is 28.3 Å². The number of anilines is 3. The average molecular weight is 437 g/mol. The molecule has 2 amide bonds. The molecule has 3 aromatic rings. The van der Waals surface area contributed by atoms with E-state index < -0.39 is 16.1 Å². The van der Waals surface area contributed by atoms with Crippen molar-refractivity contribution in [1.29, 1.82) is 0 Å². The number of sulfonamides is 1. The quantitative estimate of drug-likeness (QED) is 0.647. The van der Waals surface area contributed by atoms with Crippen LogP contribution in [0, 0.1) is 0 Å². The van der Waals surface area contributed by atoms with Crippen LogP contribution in [0.15, 0.2) is 71.6 Å². The number of benzene rings is 3. The summed E-state index contributed by atoms with van der Waals surface area (Å²) in [7, 11) is -3.67. The highest BCUT2D eigenvalue weighted by atomic mass is 32.2. The molecule has 0 radical (unpaired) electrons. The molecule has 2 heterocycles. The minimum atomic E-state index is -3.67. The van der Waals surface area contributed by atoms with Crippen molar-refractivity contribution in [2.24, 2.45) is 0 Å². The van der Waals surface area contributed by atoms with Gasteiger partial charge in [0.2, 0.25) is 6.79 Å². The molecule has 31 heavy (non-hydrogen) atoms. The zero-order chi connectivity index (χ0) is 21.4. The summed E-state index contributed by atoms with van der Waals surface area (Å²) in [5.41, 5.74) is 2.54. The lowest BCUT2D eigenvalue weighted by Gasteiger charge is -2.20. The Labute approximate surface area is 179 Å². The minimum Gasteiger partial charge on any atom is -0.454 e. The number of rotatable bonds is 4. The molecule has 8 nitrogen and oxygen atoms in total. The van der Waals surface area contributed by atoms with E-state index in [9.17, 15) is 13.2 Å². The third-order valence-corrected chi connectivity index (χ3v) is 6.99. The van der Waals surface area contributed by atoms with Crippen molar-refractivity contribution < 1.29 is 22.7 Å². The number of hydrogen-bond acceptors (Lipinski definition) is 5. The van der Waals surface area contributed by atoms with Crippen LogP contribution in [0.1, 0.15) is 5.56 Å². The molecule has 0 unspecified atom stereocenters. The van der Waals surface area contributed by atoms with Crippen molar-refractivity contribution in [3.8, 4) is 11.5 Å². The molecule has 0 aliphatic carbocycles. The monoisotopic (exact) mass is 437 g/mol. The van der Waals surface area contributed by atoms with E-state index in [0.717, 1.165) is 5.56 Å². The largest absolute Gasteiger partial charge is 0.454 e. The van der Waals surface area contributed by atoms with Gasteiger partial charge in [0.1, 0.15) is 0 Å². The Morgan fingerprint density at radius 2 is 1.58 bits per heavy atom. The van der Waals surface area contributed by atoms with Gasteiger partial charge in [-0.05, 0) is 48.4 Å². The summed E-state index contributed by atoms with van der Waals surface area (Å²) in [6, 6.07) is 18.3. The molecular weight excluding hydrogens is 418 g/mol. The van der Waals surface area contributed by atoms with Gasteiger partial charge in [0.25, 0.3) is 10.0 Å². The molecular formula is C22H19N3O5S. The fourth-order valence-corrected chi connectivity index (χ4v) is 5.18. The second-order valence-corrected chi connectivity index (χ2v) is 8.99. The number of carbonyl (C=O) groups is 1.